The predicted molar refractivity (Wildman–Crippen MR) is 115 cm³/mol. The summed E-state index contributed by atoms with van der Waals surface area (Å²) in [5.74, 6) is 0.567. The topological polar surface area (TPSA) is 51.0 Å². The summed E-state index contributed by atoms with van der Waals surface area (Å²) in [6, 6.07) is 15.8. The molecule has 0 fully saturated rings. The molecule has 1 aromatic heterocycles. The summed E-state index contributed by atoms with van der Waals surface area (Å²) in [5.41, 5.74) is 2.56. The lowest BCUT2D eigenvalue weighted by atomic mass is 10.2. The van der Waals surface area contributed by atoms with Crippen molar-refractivity contribution in [2.75, 3.05) is 18.8 Å². The third-order valence-electron chi connectivity index (χ3n) is 4.27. The lowest BCUT2D eigenvalue weighted by Crippen LogP contribution is -2.33. The normalized spacial score (nSPS) is 10.7. The number of carbonyl (C=O) groups is 1. The fourth-order valence-electron chi connectivity index (χ4n) is 2.88. The first-order valence-electron chi connectivity index (χ1n) is 9.31. The molecule has 5 nitrogen and oxygen atoms in total. The zero-order valence-electron chi connectivity index (χ0n) is 16.5. The van der Waals surface area contributed by atoms with Crippen molar-refractivity contribution in [3.8, 4) is 17.1 Å². The van der Waals surface area contributed by atoms with E-state index < -0.39 is 0 Å². The minimum Gasteiger partial charge on any atom is -0.338 e. The van der Waals surface area contributed by atoms with Crippen LogP contribution in [0.5, 0.6) is 0 Å². The molecule has 0 aliphatic carbocycles. The maximum atomic E-state index is 13.4. The van der Waals surface area contributed by atoms with Crippen molar-refractivity contribution in [1.29, 1.82) is 0 Å². The molecule has 7 heteroatoms. The van der Waals surface area contributed by atoms with Gasteiger partial charge in [-0.2, -0.15) is 0 Å². The van der Waals surface area contributed by atoms with Gasteiger partial charge < -0.3 is 4.90 Å². The van der Waals surface area contributed by atoms with E-state index >= 15 is 0 Å². The van der Waals surface area contributed by atoms with E-state index in [1.807, 2.05) is 48.7 Å². The molecule has 2 aromatic carbocycles. The van der Waals surface area contributed by atoms with E-state index in [1.165, 1.54) is 23.9 Å². The summed E-state index contributed by atoms with van der Waals surface area (Å²) in [4.78, 5) is 14.4. The van der Waals surface area contributed by atoms with Gasteiger partial charge in [0.05, 0.1) is 5.75 Å². The van der Waals surface area contributed by atoms with Crippen LogP contribution in [-0.2, 0) is 4.79 Å². The Labute approximate surface area is 174 Å². The van der Waals surface area contributed by atoms with Gasteiger partial charge in [-0.1, -0.05) is 54.2 Å². The number of likely N-dealkylation sites (N-methyl/N-ethyl adjacent to an activating group) is 1. The molecular weight excluding hydrogens is 387 g/mol. The SMILES string of the molecule is C=C(C)CN(CC)C(=O)CSc1nnc(-c2ccccc2)n1-c1ccc(F)cc1. The summed E-state index contributed by atoms with van der Waals surface area (Å²) in [5, 5.41) is 9.22. The maximum absolute atomic E-state index is 13.4. The molecule has 0 saturated heterocycles. The Bertz CT molecular complexity index is 986. The van der Waals surface area contributed by atoms with Crippen molar-refractivity contribution in [2.45, 2.75) is 19.0 Å². The molecular formula is C22H23FN4OS. The number of amides is 1. The highest BCUT2D eigenvalue weighted by molar-refractivity contribution is 7.99. The summed E-state index contributed by atoms with van der Waals surface area (Å²) in [6.45, 7) is 8.89. The fraction of sp³-hybridized carbons (Fsp3) is 0.227. The third-order valence-corrected chi connectivity index (χ3v) is 5.18. The van der Waals surface area contributed by atoms with Crippen LogP contribution < -0.4 is 0 Å². The monoisotopic (exact) mass is 410 g/mol. The summed E-state index contributed by atoms with van der Waals surface area (Å²) >= 11 is 1.32. The van der Waals surface area contributed by atoms with Gasteiger partial charge in [0.2, 0.25) is 5.91 Å². The molecule has 0 saturated carbocycles. The fourth-order valence-corrected chi connectivity index (χ4v) is 3.73. The Morgan fingerprint density at radius 2 is 1.83 bits per heavy atom. The molecule has 3 aromatic rings. The van der Waals surface area contributed by atoms with Crippen molar-refractivity contribution in [1.82, 2.24) is 19.7 Å². The highest BCUT2D eigenvalue weighted by Gasteiger charge is 2.19. The van der Waals surface area contributed by atoms with Gasteiger partial charge in [0.1, 0.15) is 5.82 Å². The molecule has 0 radical (unpaired) electrons. The highest BCUT2D eigenvalue weighted by atomic mass is 32.2. The second-order valence-electron chi connectivity index (χ2n) is 6.64. The van der Waals surface area contributed by atoms with Crippen LogP contribution in [0.3, 0.4) is 0 Å². The average Bonchev–Trinajstić information content (AvgIpc) is 3.15. The van der Waals surface area contributed by atoms with Gasteiger partial charge >= 0.3 is 0 Å². The van der Waals surface area contributed by atoms with Gasteiger partial charge in [-0.15, -0.1) is 10.2 Å². The van der Waals surface area contributed by atoms with E-state index in [2.05, 4.69) is 16.8 Å². The Hall–Kier alpha value is -2.93. The minimum atomic E-state index is -0.314. The summed E-state index contributed by atoms with van der Waals surface area (Å²) in [7, 11) is 0. The smallest absolute Gasteiger partial charge is 0.233 e. The largest absolute Gasteiger partial charge is 0.338 e. The van der Waals surface area contributed by atoms with Gasteiger partial charge in [-0.05, 0) is 38.1 Å². The number of hydrogen-bond donors (Lipinski definition) is 0. The van der Waals surface area contributed by atoms with Crippen LogP contribution in [0.15, 0.2) is 71.9 Å². The lowest BCUT2D eigenvalue weighted by Gasteiger charge is -2.20. The molecule has 0 aliphatic rings. The first-order chi connectivity index (χ1) is 14.0. The van der Waals surface area contributed by atoms with Gasteiger partial charge in [0.25, 0.3) is 0 Å². The number of benzene rings is 2. The van der Waals surface area contributed by atoms with Gasteiger partial charge in [0.15, 0.2) is 11.0 Å². The minimum absolute atomic E-state index is 0.00965. The van der Waals surface area contributed by atoms with E-state index in [0.29, 0.717) is 24.1 Å². The first kappa shape index (κ1) is 20.8. The highest BCUT2D eigenvalue weighted by Crippen LogP contribution is 2.28. The lowest BCUT2D eigenvalue weighted by molar-refractivity contribution is -0.127. The van der Waals surface area contributed by atoms with E-state index in [0.717, 1.165) is 16.8 Å². The molecule has 0 aliphatic heterocycles. The van der Waals surface area contributed by atoms with E-state index in [9.17, 15) is 9.18 Å². The molecule has 0 atom stereocenters. The number of aromatic nitrogens is 3. The van der Waals surface area contributed by atoms with Gasteiger partial charge in [-0.3, -0.25) is 9.36 Å². The standard InChI is InChI=1S/C22H23FN4OS/c1-4-26(14-16(2)3)20(28)15-29-22-25-24-21(17-8-6-5-7-9-17)27(22)19-12-10-18(23)11-13-19/h5-13H,2,4,14-15H2,1,3H3. The third kappa shape index (κ3) is 5.12. The second-order valence-corrected chi connectivity index (χ2v) is 7.58. The van der Waals surface area contributed by atoms with Crippen molar-refractivity contribution >= 4 is 17.7 Å². The Morgan fingerprint density at radius 1 is 1.14 bits per heavy atom. The van der Waals surface area contributed by atoms with E-state index in [1.54, 1.807) is 17.0 Å². The molecule has 0 N–H and O–H groups in total. The molecule has 1 heterocycles. The van der Waals surface area contributed by atoms with Crippen LogP contribution in [0.4, 0.5) is 4.39 Å². The molecule has 29 heavy (non-hydrogen) atoms. The van der Waals surface area contributed by atoms with Gasteiger partial charge in [0, 0.05) is 24.3 Å². The number of halogens is 1. The van der Waals surface area contributed by atoms with Crippen molar-refractivity contribution in [2.24, 2.45) is 0 Å². The van der Waals surface area contributed by atoms with Crippen LogP contribution in [0, 0.1) is 5.82 Å². The van der Waals surface area contributed by atoms with Crippen LogP contribution >= 0.6 is 11.8 Å². The molecule has 0 bridgehead atoms. The summed E-state index contributed by atoms with van der Waals surface area (Å²) in [6.07, 6.45) is 0. The maximum Gasteiger partial charge on any atom is 0.233 e. The Kier molecular flexibility index (Phi) is 6.82. The Balaban J connectivity index is 1.91. The molecule has 1 amide bonds. The zero-order chi connectivity index (χ0) is 20.8. The Morgan fingerprint density at radius 3 is 2.45 bits per heavy atom. The molecule has 3 rings (SSSR count). The quantitative estimate of drug-likeness (QED) is 0.403. The van der Waals surface area contributed by atoms with E-state index in [-0.39, 0.29) is 17.5 Å². The number of carbonyl (C=O) groups excluding carboxylic acids is 1. The molecule has 0 spiro atoms. The van der Waals surface area contributed by atoms with Crippen LogP contribution in [0.1, 0.15) is 13.8 Å². The van der Waals surface area contributed by atoms with Crippen LogP contribution in [0.2, 0.25) is 0 Å². The number of rotatable bonds is 8. The predicted octanol–water partition coefficient (Wildman–Crippen LogP) is 4.59. The first-order valence-corrected chi connectivity index (χ1v) is 10.3. The zero-order valence-corrected chi connectivity index (χ0v) is 17.3. The number of thioether (sulfide) groups is 1. The van der Waals surface area contributed by atoms with E-state index in [4.69, 9.17) is 0 Å². The van der Waals surface area contributed by atoms with Crippen molar-refractivity contribution in [3.63, 3.8) is 0 Å². The summed E-state index contributed by atoms with van der Waals surface area (Å²) < 4.78 is 15.3. The van der Waals surface area contributed by atoms with Crippen LogP contribution in [0.25, 0.3) is 17.1 Å². The van der Waals surface area contributed by atoms with Crippen molar-refractivity contribution < 1.29 is 9.18 Å². The second kappa shape index (κ2) is 9.52. The van der Waals surface area contributed by atoms with Gasteiger partial charge in [-0.25, -0.2) is 4.39 Å². The average molecular weight is 411 g/mol. The van der Waals surface area contributed by atoms with Crippen molar-refractivity contribution in [3.05, 3.63) is 72.6 Å². The van der Waals surface area contributed by atoms with Crippen LogP contribution in [-0.4, -0.2) is 44.4 Å². The molecule has 0 unspecified atom stereocenters. The number of nitrogens with zero attached hydrogens (tertiary/aromatic N) is 4. The molecule has 150 valence electrons. The number of hydrogen-bond acceptors (Lipinski definition) is 4.